The molecule has 1 aliphatic rings. The standard InChI is InChI=1S/C20H20ClN3O3S/c1-26-15-4-3-5-16(27-2)18(15)19(25)24-9-8-13(11-24)22-20-23-14-7-6-12(21)10-17(14)28-20/h3-7,10,13H,8-9,11H2,1-2H3,(H,22,23)/t13-/m1/s1. The van der Waals surface area contributed by atoms with Crippen molar-refractivity contribution in [3.8, 4) is 11.5 Å². The third-order valence-electron chi connectivity index (χ3n) is 4.80. The van der Waals surface area contributed by atoms with E-state index in [1.54, 1.807) is 37.7 Å². The first kappa shape index (κ1) is 18.8. The summed E-state index contributed by atoms with van der Waals surface area (Å²) in [5.74, 6) is 0.947. The third-order valence-corrected chi connectivity index (χ3v) is 5.98. The van der Waals surface area contributed by atoms with E-state index in [9.17, 15) is 4.79 Å². The van der Waals surface area contributed by atoms with Crippen LogP contribution in [0.1, 0.15) is 16.8 Å². The maximum absolute atomic E-state index is 13.1. The van der Waals surface area contributed by atoms with Gasteiger partial charge in [0, 0.05) is 24.2 Å². The van der Waals surface area contributed by atoms with Gasteiger partial charge < -0.3 is 19.7 Å². The van der Waals surface area contributed by atoms with Gasteiger partial charge in [0.1, 0.15) is 17.1 Å². The number of thiazole rings is 1. The van der Waals surface area contributed by atoms with E-state index in [4.69, 9.17) is 21.1 Å². The van der Waals surface area contributed by atoms with Crippen LogP contribution in [0.3, 0.4) is 0 Å². The predicted molar refractivity (Wildman–Crippen MR) is 112 cm³/mol. The zero-order valence-electron chi connectivity index (χ0n) is 15.6. The van der Waals surface area contributed by atoms with E-state index in [0.717, 1.165) is 21.8 Å². The first-order chi connectivity index (χ1) is 13.6. The first-order valence-electron chi connectivity index (χ1n) is 8.92. The van der Waals surface area contributed by atoms with Gasteiger partial charge in [-0.25, -0.2) is 4.98 Å². The van der Waals surface area contributed by atoms with E-state index in [-0.39, 0.29) is 11.9 Å². The number of rotatable bonds is 5. The predicted octanol–water partition coefficient (Wildman–Crippen LogP) is 4.29. The largest absolute Gasteiger partial charge is 0.496 e. The highest BCUT2D eigenvalue weighted by Crippen LogP contribution is 2.32. The number of amides is 1. The van der Waals surface area contributed by atoms with Crippen molar-refractivity contribution in [2.75, 3.05) is 32.6 Å². The van der Waals surface area contributed by atoms with E-state index < -0.39 is 0 Å². The lowest BCUT2D eigenvalue weighted by molar-refractivity contribution is 0.0784. The molecule has 1 aromatic heterocycles. The van der Waals surface area contributed by atoms with Crippen molar-refractivity contribution in [1.82, 2.24) is 9.88 Å². The minimum Gasteiger partial charge on any atom is -0.496 e. The molecule has 1 saturated heterocycles. The lowest BCUT2D eigenvalue weighted by Gasteiger charge is -2.20. The lowest BCUT2D eigenvalue weighted by atomic mass is 10.1. The summed E-state index contributed by atoms with van der Waals surface area (Å²) in [7, 11) is 3.11. The summed E-state index contributed by atoms with van der Waals surface area (Å²) < 4.78 is 11.8. The molecule has 6 nitrogen and oxygen atoms in total. The van der Waals surface area contributed by atoms with Crippen molar-refractivity contribution in [3.63, 3.8) is 0 Å². The van der Waals surface area contributed by atoms with Crippen LogP contribution < -0.4 is 14.8 Å². The maximum Gasteiger partial charge on any atom is 0.261 e. The smallest absolute Gasteiger partial charge is 0.261 e. The number of ether oxygens (including phenoxy) is 2. The third kappa shape index (κ3) is 3.59. The number of hydrogen-bond acceptors (Lipinski definition) is 6. The monoisotopic (exact) mass is 417 g/mol. The fraction of sp³-hybridized carbons (Fsp3) is 0.300. The minimum absolute atomic E-state index is 0.0883. The van der Waals surface area contributed by atoms with E-state index >= 15 is 0 Å². The second kappa shape index (κ2) is 7.85. The molecule has 1 amide bonds. The number of benzene rings is 2. The number of halogens is 1. The van der Waals surface area contributed by atoms with Gasteiger partial charge in [-0.1, -0.05) is 29.0 Å². The van der Waals surface area contributed by atoms with Crippen LogP contribution in [-0.4, -0.2) is 49.1 Å². The second-order valence-corrected chi connectivity index (χ2v) is 8.02. The van der Waals surface area contributed by atoms with Gasteiger partial charge in [0.15, 0.2) is 5.13 Å². The fourth-order valence-corrected chi connectivity index (χ4v) is 4.64. The molecule has 1 fully saturated rings. The number of nitrogens with one attached hydrogen (secondary N) is 1. The zero-order valence-corrected chi connectivity index (χ0v) is 17.1. The van der Waals surface area contributed by atoms with Gasteiger partial charge in [-0.15, -0.1) is 0 Å². The van der Waals surface area contributed by atoms with Crippen LogP contribution in [0.5, 0.6) is 11.5 Å². The molecule has 2 aromatic carbocycles. The van der Waals surface area contributed by atoms with Crippen molar-refractivity contribution in [3.05, 3.63) is 47.0 Å². The summed E-state index contributed by atoms with van der Waals surface area (Å²) >= 11 is 7.62. The molecule has 8 heteroatoms. The van der Waals surface area contributed by atoms with Crippen LogP contribution in [0.15, 0.2) is 36.4 Å². The zero-order chi connectivity index (χ0) is 19.7. The highest BCUT2D eigenvalue weighted by Gasteiger charge is 2.30. The molecule has 1 atom stereocenters. The summed E-state index contributed by atoms with van der Waals surface area (Å²) in [6.45, 7) is 1.26. The van der Waals surface area contributed by atoms with Crippen molar-refractivity contribution in [1.29, 1.82) is 0 Å². The lowest BCUT2D eigenvalue weighted by Crippen LogP contribution is -2.32. The van der Waals surface area contributed by atoms with Crippen LogP contribution in [-0.2, 0) is 0 Å². The van der Waals surface area contributed by atoms with Gasteiger partial charge in [-0.05, 0) is 36.8 Å². The molecule has 4 rings (SSSR count). The van der Waals surface area contributed by atoms with Gasteiger partial charge in [0.25, 0.3) is 5.91 Å². The Morgan fingerprint density at radius 2 is 2.00 bits per heavy atom. The van der Waals surface area contributed by atoms with E-state index in [2.05, 4.69) is 10.3 Å². The molecule has 0 unspecified atom stereocenters. The number of carbonyl (C=O) groups excluding carboxylic acids is 1. The number of aromatic nitrogens is 1. The van der Waals surface area contributed by atoms with Crippen molar-refractivity contribution in [2.45, 2.75) is 12.5 Å². The van der Waals surface area contributed by atoms with Crippen LogP contribution in [0, 0.1) is 0 Å². The Kier molecular flexibility index (Phi) is 5.28. The molecule has 3 aromatic rings. The normalized spacial score (nSPS) is 16.4. The molecule has 0 spiro atoms. The molecule has 0 radical (unpaired) electrons. The molecular formula is C20H20ClN3O3S. The van der Waals surface area contributed by atoms with E-state index in [1.807, 2.05) is 29.2 Å². The molecule has 0 saturated carbocycles. The van der Waals surface area contributed by atoms with E-state index in [1.165, 1.54) is 0 Å². The summed E-state index contributed by atoms with van der Waals surface area (Å²) in [5.41, 5.74) is 1.38. The number of fused-ring (bicyclic) bond motifs is 1. The first-order valence-corrected chi connectivity index (χ1v) is 10.1. The van der Waals surface area contributed by atoms with Gasteiger partial charge in [0.05, 0.1) is 24.4 Å². The Balaban J connectivity index is 1.48. The van der Waals surface area contributed by atoms with Crippen molar-refractivity contribution >= 4 is 44.2 Å². The number of likely N-dealkylation sites (tertiary alicyclic amines) is 1. The maximum atomic E-state index is 13.1. The minimum atomic E-state index is -0.0883. The van der Waals surface area contributed by atoms with Gasteiger partial charge in [-0.3, -0.25) is 4.79 Å². The van der Waals surface area contributed by atoms with Gasteiger partial charge >= 0.3 is 0 Å². The number of nitrogens with zero attached hydrogens (tertiary/aromatic N) is 2. The van der Waals surface area contributed by atoms with Crippen LogP contribution in [0.4, 0.5) is 5.13 Å². The topological polar surface area (TPSA) is 63.7 Å². The Hall–Kier alpha value is -2.51. The fourth-order valence-electron chi connectivity index (χ4n) is 3.42. The highest BCUT2D eigenvalue weighted by atomic mass is 35.5. The molecule has 146 valence electrons. The quantitative estimate of drug-likeness (QED) is 0.670. The van der Waals surface area contributed by atoms with Gasteiger partial charge in [0.2, 0.25) is 0 Å². The van der Waals surface area contributed by atoms with Crippen LogP contribution >= 0.6 is 22.9 Å². The van der Waals surface area contributed by atoms with E-state index in [0.29, 0.717) is 35.2 Å². The Morgan fingerprint density at radius 3 is 2.71 bits per heavy atom. The Bertz CT molecular complexity index is 1000. The van der Waals surface area contributed by atoms with Crippen LogP contribution in [0.2, 0.25) is 5.02 Å². The highest BCUT2D eigenvalue weighted by molar-refractivity contribution is 7.22. The molecule has 0 bridgehead atoms. The molecule has 1 aliphatic heterocycles. The summed E-state index contributed by atoms with van der Waals surface area (Å²) in [5, 5.41) is 4.99. The van der Waals surface area contributed by atoms with Crippen molar-refractivity contribution < 1.29 is 14.3 Å². The van der Waals surface area contributed by atoms with Crippen molar-refractivity contribution in [2.24, 2.45) is 0 Å². The molecule has 28 heavy (non-hydrogen) atoms. The Labute approximate surface area is 172 Å². The number of carbonyl (C=O) groups is 1. The summed E-state index contributed by atoms with van der Waals surface area (Å²) in [6, 6.07) is 11.2. The SMILES string of the molecule is COc1cccc(OC)c1C(=O)N1CC[C@@H](Nc2nc3ccc(Cl)cc3s2)C1. The molecule has 1 N–H and O–H groups in total. The summed E-state index contributed by atoms with van der Waals surface area (Å²) in [6.07, 6.45) is 0.847. The van der Waals surface area contributed by atoms with Gasteiger partial charge in [-0.2, -0.15) is 0 Å². The molecule has 0 aliphatic carbocycles. The average molecular weight is 418 g/mol. The summed E-state index contributed by atoms with van der Waals surface area (Å²) in [4.78, 5) is 19.5. The number of methoxy groups -OCH3 is 2. The average Bonchev–Trinajstić information content (AvgIpc) is 3.33. The number of anilines is 1. The molecule has 2 heterocycles. The second-order valence-electron chi connectivity index (χ2n) is 6.55. The number of hydrogen-bond donors (Lipinski definition) is 1. The molecular weight excluding hydrogens is 398 g/mol. The van der Waals surface area contributed by atoms with Crippen LogP contribution in [0.25, 0.3) is 10.2 Å². The Morgan fingerprint density at radius 1 is 1.25 bits per heavy atom.